The number of amides is 3. The molecule has 2 aliphatic carbocycles. The van der Waals surface area contributed by atoms with Crippen LogP contribution in [0.25, 0.3) is 0 Å². The maximum atomic E-state index is 12.4. The number of nitrogens with one attached hydrogen (secondary N) is 3. The molecule has 0 saturated heterocycles. The lowest BCUT2D eigenvalue weighted by Crippen LogP contribution is -2.39. The minimum Gasteiger partial charge on any atom is -0.356 e. The van der Waals surface area contributed by atoms with Crippen LogP contribution in [-0.2, 0) is 40.5 Å². The first-order chi connectivity index (χ1) is 12.7. The van der Waals surface area contributed by atoms with Crippen molar-refractivity contribution in [1.29, 1.82) is 0 Å². The molecule has 0 spiro atoms. The van der Waals surface area contributed by atoms with Crippen molar-refractivity contribution in [1.82, 2.24) is 10.0 Å². The highest BCUT2D eigenvalue weighted by Crippen LogP contribution is 2.38. The average molecular weight is 394 g/mol. The second kappa shape index (κ2) is 7.88. The van der Waals surface area contributed by atoms with Crippen molar-refractivity contribution in [3.05, 3.63) is 28.3 Å². The largest absolute Gasteiger partial charge is 0.356 e. The quantitative estimate of drug-likeness (QED) is 0.686. The Morgan fingerprint density at radius 2 is 1.67 bits per heavy atom. The summed E-state index contributed by atoms with van der Waals surface area (Å²) in [7, 11) is -3.79. The highest BCUT2D eigenvalue weighted by Gasteiger charge is 2.26. The third-order valence-electron chi connectivity index (χ3n) is 5.16. The molecule has 3 amide bonds. The van der Waals surface area contributed by atoms with Gasteiger partial charge in [0.15, 0.2) is 0 Å². The number of aryl methyl sites for hydroxylation is 2. The monoisotopic (exact) mass is 393 g/mol. The Hall–Kier alpha value is -2.09. The average Bonchev–Trinajstić information content (AvgIpc) is 3.20. The van der Waals surface area contributed by atoms with Crippen LogP contribution in [0.1, 0.15) is 48.9 Å². The highest BCUT2D eigenvalue weighted by atomic mass is 32.2. The normalized spacial score (nSPS) is 16.4. The Bertz CT molecular complexity index is 832. The smallest absolute Gasteiger partial charge is 0.332 e. The molecule has 1 aromatic carbocycles. The number of anilines is 1. The van der Waals surface area contributed by atoms with Crippen LogP contribution in [0, 0.1) is 5.92 Å². The van der Waals surface area contributed by atoms with E-state index in [4.69, 9.17) is 0 Å². The number of carbonyl (C=O) groups excluding carboxylic acids is 2. The Kier molecular flexibility index (Phi) is 5.74. The van der Waals surface area contributed by atoms with Crippen molar-refractivity contribution in [2.45, 2.75) is 52.4 Å². The first-order valence-corrected chi connectivity index (χ1v) is 11.1. The summed E-state index contributed by atoms with van der Waals surface area (Å²) in [5.74, 6) is -0.743. The van der Waals surface area contributed by atoms with Crippen molar-refractivity contribution in [2.75, 3.05) is 17.6 Å². The molecule has 1 unspecified atom stereocenters. The lowest BCUT2D eigenvalue weighted by atomic mass is 9.99. The van der Waals surface area contributed by atoms with E-state index in [1.807, 2.05) is 0 Å². The molecule has 7 nitrogen and oxygen atoms in total. The van der Waals surface area contributed by atoms with Crippen LogP contribution in [0.4, 0.5) is 10.5 Å². The van der Waals surface area contributed by atoms with Gasteiger partial charge in [-0.25, -0.2) is 17.9 Å². The maximum Gasteiger partial charge on any atom is 0.332 e. The van der Waals surface area contributed by atoms with Crippen LogP contribution >= 0.6 is 0 Å². The molecule has 0 aliphatic heterocycles. The molecule has 1 atom stereocenters. The molecule has 0 aromatic heterocycles. The summed E-state index contributed by atoms with van der Waals surface area (Å²) in [6, 6.07) is 1.55. The van der Waals surface area contributed by atoms with E-state index in [-0.39, 0.29) is 24.1 Å². The Morgan fingerprint density at radius 3 is 2.22 bits per heavy atom. The molecule has 0 bridgehead atoms. The third kappa shape index (κ3) is 4.80. The lowest BCUT2D eigenvalue weighted by Gasteiger charge is -2.17. The number of carbonyl (C=O) groups is 2. The van der Waals surface area contributed by atoms with Crippen molar-refractivity contribution in [3.63, 3.8) is 0 Å². The zero-order valence-electron chi connectivity index (χ0n) is 15.9. The van der Waals surface area contributed by atoms with Crippen LogP contribution in [0.15, 0.2) is 6.07 Å². The fourth-order valence-electron chi connectivity index (χ4n) is 4.04. The van der Waals surface area contributed by atoms with Gasteiger partial charge in [-0.1, -0.05) is 13.0 Å². The van der Waals surface area contributed by atoms with Gasteiger partial charge in [0, 0.05) is 19.2 Å². The molecular formula is C19H27N3O4S. The second-order valence-electron chi connectivity index (χ2n) is 7.61. The number of rotatable bonds is 6. The van der Waals surface area contributed by atoms with Crippen LogP contribution in [0.5, 0.6) is 0 Å². The number of fused-ring (bicyclic) bond motifs is 2. The van der Waals surface area contributed by atoms with Gasteiger partial charge in [-0.2, -0.15) is 0 Å². The van der Waals surface area contributed by atoms with Crippen molar-refractivity contribution >= 4 is 27.6 Å². The van der Waals surface area contributed by atoms with E-state index in [2.05, 4.69) is 21.4 Å². The molecule has 2 aliphatic rings. The van der Waals surface area contributed by atoms with Gasteiger partial charge < -0.3 is 10.6 Å². The summed E-state index contributed by atoms with van der Waals surface area (Å²) in [4.78, 5) is 23.3. The van der Waals surface area contributed by atoms with Crippen LogP contribution < -0.4 is 15.4 Å². The van der Waals surface area contributed by atoms with Gasteiger partial charge in [-0.15, -0.1) is 0 Å². The van der Waals surface area contributed by atoms with E-state index in [0.29, 0.717) is 0 Å². The standard InChI is InChI=1S/C19H27N3O4S/c1-12(10-20-13(2)23)11-27(25,26)22-19(24)21-18-16-7-3-5-14(16)9-15-6-4-8-17(15)18/h9,12H,3-8,10-11H2,1-2H3,(H,20,23)(H2,21,22,24). The molecule has 3 rings (SSSR count). The number of benzene rings is 1. The van der Waals surface area contributed by atoms with Crippen molar-refractivity contribution < 1.29 is 18.0 Å². The third-order valence-corrected chi connectivity index (χ3v) is 6.67. The molecular weight excluding hydrogens is 366 g/mol. The Morgan fingerprint density at radius 1 is 1.07 bits per heavy atom. The van der Waals surface area contributed by atoms with Gasteiger partial charge in [0.25, 0.3) is 0 Å². The Labute approximate surface area is 160 Å². The van der Waals surface area contributed by atoms with Gasteiger partial charge in [0.1, 0.15) is 0 Å². The summed E-state index contributed by atoms with van der Waals surface area (Å²) in [6.45, 7) is 3.34. The molecule has 1 aromatic rings. The topological polar surface area (TPSA) is 104 Å². The summed E-state index contributed by atoms with van der Waals surface area (Å²) in [6.07, 6.45) is 5.98. The van der Waals surface area contributed by atoms with E-state index in [1.54, 1.807) is 6.92 Å². The Balaban J connectivity index is 1.67. The van der Waals surface area contributed by atoms with Gasteiger partial charge in [0.2, 0.25) is 15.9 Å². The first-order valence-electron chi connectivity index (χ1n) is 9.47. The van der Waals surface area contributed by atoms with Crippen molar-refractivity contribution in [2.24, 2.45) is 5.92 Å². The predicted molar refractivity (Wildman–Crippen MR) is 104 cm³/mol. The number of hydrogen-bond donors (Lipinski definition) is 3. The minimum absolute atomic E-state index is 0.211. The molecule has 148 valence electrons. The SMILES string of the molecule is CC(=O)NCC(C)CS(=O)(=O)NC(=O)Nc1c2c(cc3c1CCC3)CCC2. The van der Waals surface area contributed by atoms with E-state index in [0.717, 1.165) is 55.3 Å². The van der Waals surface area contributed by atoms with Crippen LogP contribution in [0.2, 0.25) is 0 Å². The van der Waals surface area contributed by atoms with Gasteiger partial charge in [0.05, 0.1) is 5.75 Å². The predicted octanol–water partition coefficient (Wildman–Crippen LogP) is 1.89. The van der Waals surface area contributed by atoms with Gasteiger partial charge in [-0.3, -0.25) is 4.79 Å². The zero-order chi connectivity index (χ0) is 19.6. The van der Waals surface area contributed by atoms with Gasteiger partial charge in [-0.05, 0) is 66.7 Å². The van der Waals surface area contributed by atoms with E-state index in [1.165, 1.54) is 18.1 Å². The molecule has 0 radical (unpaired) electrons. The molecule has 8 heteroatoms. The summed E-state index contributed by atoms with van der Waals surface area (Å²) in [5, 5.41) is 5.41. The number of hydrogen-bond acceptors (Lipinski definition) is 4. The van der Waals surface area contributed by atoms with Crippen molar-refractivity contribution in [3.8, 4) is 0 Å². The van der Waals surface area contributed by atoms with Crippen LogP contribution in [0.3, 0.4) is 0 Å². The summed E-state index contributed by atoms with van der Waals surface area (Å²) >= 11 is 0. The summed E-state index contributed by atoms with van der Waals surface area (Å²) in [5.41, 5.74) is 5.68. The lowest BCUT2D eigenvalue weighted by molar-refractivity contribution is -0.119. The molecule has 0 saturated carbocycles. The second-order valence-corrected chi connectivity index (χ2v) is 9.38. The van der Waals surface area contributed by atoms with Gasteiger partial charge >= 0.3 is 6.03 Å². The number of urea groups is 1. The zero-order valence-corrected chi connectivity index (χ0v) is 16.7. The molecule has 27 heavy (non-hydrogen) atoms. The summed E-state index contributed by atoms with van der Waals surface area (Å²) < 4.78 is 26.7. The minimum atomic E-state index is -3.79. The van der Waals surface area contributed by atoms with Crippen LogP contribution in [-0.4, -0.2) is 32.7 Å². The number of sulfonamides is 1. The fraction of sp³-hybridized carbons (Fsp3) is 0.579. The maximum absolute atomic E-state index is 12.4. The van der Waals surface area contributed by atoms with E-state index >= 15 is 0 Å². The van der Waals surface area contributed by atoms with E-state index < -0.39 is 16.1 Å². The first kappa shape index (κ1) is 19.7. The van der Waals surface area contributed by atoms with E-state index in [9.17, 15) is 18.0 Å². The highest BCUT2D eigenvalue weighted by molar-refractivity contribution is 7.90. The fourth-order valence-corrected chi connectivity index (χ4v) is 5.32. The molecule has 3 N–H and O–H groups in total. The molecule has 0 fully saturated rings. The molecule has 0 heterocycles.